The van der Waals surface area contributed by atoms with Crippen LogP contribution in [0.25, 0.3) is 10.9 Å². The number of carbonyl (C=O) groups is 1. The Hall–Kier alpha value is -1.56. The minimum absolute atomic E-state index is 0.486. The third-order valence-electron chi connectivity index (χ3n) is 2.66. The summed E-state index contributed by atoms with van der Waals surface area (Å²) in [7, 11) is 1.60. The maximum Gasteiger partial charge on any atom is 0.435 e. The van der Waals surface area contributed by atoms with Gasteiger partial charge in [-0.05, 0) is 39.0 Å². The summed E-state index contributed by atoms with van der Waals surface area (Å²) in [6.45, 7) is 5.47. The molecule has 0 N–H and O–H groups in total. The van der Waals surface area contributed by atoms with Gasteiger partial charge < -0.3 is 9.47 Å². The Morgan fingerprint density at radius 2 is 2.10 bits per heavy atom. The number of alkyl halides is 1. The SMILES string of the molecule is COc1ccc2c(c1)c(CBr)nn2C(=O)OC(C)(C)C. The van der Waals surface area contributed by atoms with E-state index in [-0.39, 0.29) is 0 Å². The highest BCUT2D eigenvalue weighted by atomic mass is 79.9. The molecule has 0 fully saturated rings. The minimum atomic E-state index is -0.559. The average molecular weight is 341 g/mol. The Bertz CT molecular complexity index is 644. The molecule has 0 spiro atoms. The van der Waals surface area contributed by atoms with E-state index in [1.54, 1.807) is 19.2 Å². The van der Waals surface area contributed by atoms with E-state index in [2.05, 4.69) is 21.0 Å². The molecule has 108 valence electrons. The summed E-state index contributed by atoms with van der Waals surface area (Å²) >= 11 is 3.38. The lowest BCUT2D eigenvalue weighted by Gasteiger charge is -2.19. The van der Waals surface area contributed by atoms with Gasteiger partial charge in [-0.3, -0.25) is 0 Å². The van der Waals surface area contributed by atoms with Gasteiger partial charge in [-0.15, -0.1) is 0 Å². The van der Waals surface area contributed by atoms with E-state index in [4.69, 9.17) is 9.47 Å². The largest absolute Gasteiger partial charge is 0.497 e. The van der Waals surface area contributed by atoms with Crippen molar-refractivity contribution in [1.29, 1.82) is 0 Å². The molecular weight excluding hydrogens is 324 g/mol. The summed E-state index contributed by atoms with van der Waals surface area (Å²) in [5, 5.41) is 5.72. The Labute approximate surface area is 126 Å². The molecule has 1 aromatic heterocycles. The molecule has 2 aromatic rings. The van der Waals surface area contributed by atoms with E-state index in [9.17, 15) is 4.79 Å². The molecule has 0 aliphatic rings. The van der Waals surface area contributed by atoms with Crippen LogP contribution in [0.15, 0.2) is 18.2 Å². The van der Waals surface area contributed by atoms with Crippen molar-refractivity contribution in [3.63, 3.8) is 0 Å². The van der Waals surface area contributed by atoms with Crippen molar-refractivity contribution in [2.45, 2.75) is 31.7 Å². The lowest BCUT2D eigenvalue weighted by Crippen LogP contribution is -2.27. The summed E-state index contributed by atoms with van der Waals surface area (Å²) in [6.07, 6.45) is -0.486. The van der Waals surface area contributed by atoms with Crippen molar-refractivity contribution in [3.8, 4) is 5.75 Å². The molecule has 0 bridgehead atoms. The zero-order valence-electron chi connectivity index (χ0n) is 11.9. The van der Waals surface area contributed by atoms with Crippen LogP contribution in [0.5, 0.6) is 5.75 Å². The number of benzene rings is 1. The monoisotopic (exact) mass is 340 g/mol. The first-order valence-corrected chi connectivity index (χ1v) is 7.33. The van der Waals surface area contributed by atoms with E-state index in [1.807, 2.05) is 26.8 Å². The van der Waals surface area contributed by atoms with Crippen molar-refractivity contribution in [1.82, 2.24) is 9.78 Å². The predicted molar refractivity (Wildman–Crippen MR) is 80.5 cm³/mol. The normalized spacial score (nSPS) is 11.7. The van der Waals surface area contributed by atoms with Gasteiger partial charge in [0.05, 0.1) is 18.3 Å². The Balaban J connectivity index is 2.52. The molecule has 0 radical (unpaired) electrons. The summed E-state index contributed by atoms with van der Waals surface area (Å²) in [4.78, 5) is 12.2. The maximum absolute atomic E-state index is 12.2. The van der Waals surface area contributed by atoms with Crippen molar-refractivity contribution >= 4 is 32.9 Å². The van der Waals surface area contributed by atoms with Gasteiger partial charge in [-0.2, -0.15) is 9.78 Å². The predicted octanol–water partition coefficient (Wildman–Crippen LogP) is 3.72. The van der Waals surface area contributed by atoms with Crippen LogP contribution in [0.4, 0.5) is 4.79 Å². The fraction of sp³-hybridized carbons (Fsp3) is 0.429. The summed E-state index contributed by atoms with van der Waals surface area (Å²) in [5.74, 6) is 0.725. The summed E-state index contributed by atoms with van der Waals surface area (Å²) < 4.78 is 11.9. The number of hydrogen-bond donors (Lipinski definition) is 0. The standard InChI is InChI=1S/C14H17BrN2O3/c1-14(2,3)20-13(18)17-12-6-5-9(19-4)7-10(12)11(8-15)16-17/h5-7H,8H2,1-4H3. The van der Waals surface area contributed by atoms with Gasteiger partial charge >= 0.3 is 6.09 Å². The molecular formula is C14H17BrN2O3. The third-order valence-corrected chi connectivity index (χ3v) is 3.19. The van der Waals surface area contributed by atoms with Crippen LogP contribution in [-0.4, -0.2) is 28.6 Å². The van der Waals surface area contributed by atoms with Gasteiger partial charge in [0.2, 0.25) is 0 Å². The number of fused-ring (bicyclic) bond motifs is 1. The molecule has 2 rings (SSSR count). The van der Waals surface area contributed by atoms with Gasteiger partial charge in [0.15, 0.2) is 0 Å². The lowest BCUT2D eigenvalue weighted by atomic mass is 10.2. The first kappa shape index (κ1) is 14.8. The molecule has 1 heterocycles. The molecule has 0 aliphatic heterocycles. The van der Waals surface area contributed by atoms with Crippen LogP contribution in [0.3, 0.4) is 0 Å². The third kappa shape index (κ3) is 2.95. The number of hydrogen-bond acceptors (Lipinski definition) is 4. The van der Waals surface area contributed by atoms with Crippen LogP contribution in [0.2, 0.25) is 0 Å². The summed E-state index contributed by atoms with van der Waals surface area (Å²) in [5.41, 5.74) is 0.912. The van der Waals surface area contributed by atoms with E-state index in [0.717, 1.165) is 16.8 Å². The highest BCUT2D eigenvalue weighted by Crippen LogP contribution is 2.26. The van der Waals surface area contributed by atoms with Gasteiger partial charge in [-0.25, -0.2) is 4.79 Å². The van der Waals surface area contributed by atoms with E-state index < -0.39 is 11.7 Å². The Kier molecular flexibility index (Phi) is 4.04. The zero-order chi connectivity index (χ0) is 14.9. The fourth-order valence-corrected chi connectivity index (χ4v) is 2.24. The van der Waals surface area contributed by atoms with Crippen LogP contribution in [-0.2, 0) is 10.1 Å². The van der Waals surface area contributed by atoms with E-state index in [1.165, 1.54) is 4.68 Å². The van der Waals surface area contributed by atoms with Gasteiger partial charge in [0, 0.05) is 10.7 Å². The molecule has 6 heteroatoms. The lowest BCUT2D eigenvalue weighted by molar-refractivity contribution is 0.0522. The molecule has 0 saturated carbocycles. The number of nitrogens with zero attached hydrogens (tertiary/aromatic N) is 2. The van der Waals surface area contributed by atoms with Crippen LogP contribution in [0.1, 0.15) is 26.5 Å². The molecule has 20 heavy (non-hydrogen) atoms. The molecule has 0 saturated heterocycles. The van der Waals surface area contributed by atoms with Crippen molar-refractivity contribution in [3.05, 3.63) is 23.9 Å². The van der Waals surface area contributed by atoms with Gasteiger partial charge in [0.25, 0.3) is 0 Å². The molecule has 0 atom stereocenters. The highest BCUT2D eigenvalue weighted by Gasteiger charge is 2.22. The summed E-state index contributed by atoms with van der Waals surface area (Å²) in [6, 6.07) is 5.46. The molecule has 0 amide bonds. The maximum atomic E-state index is 12.2. The topological polar surface area (TPSA) is 53.4 Å². The zero-order valence-corrected chi connectivity index (χ0v) is 13.5. The first-order chi connectivity index (χ1) is 9.35. The number of rotatable bonds is 2. The van der Waals surface area contributed by atoms with Gasteiger partial charge in [-0.1, -0.05) is 15.9 Å². The fourth-order valence-electron chi connectivity index (χ4n) is 1.83. The van der Waals surface area contributed by atoms with E-state index in [0.29, 0.717) is 10.8 Å². The molecule has 0 aliphatic carbocycles. The molecule has 5 nitrogen and oxygen atoms in total. The highest BCUT2D eigenvalue weighted by molar-refractivity contribution is 9.08. The smallest absolute Gasteiger partial charge is 0.435 e. The number of aromatic nitrogens is 2. The van der Waals surface area contributed by atoms with Crippen LogP contribution >= 0.6 is 15.9 Å². The van der Waals surface area contributed by atoms with Crippen LogP contribution < -0.4 is 4.74 Å². The molecule has 0 unspecified atom stereocenters. The second-order valence-corrected chi connectivity index (χ2v) is 5.92. The average Bonchev–Trinajstić information content (AvgIpc) is 2.74. The van der Waals surface area contributed by atoms with E-state index >= 15 is 0 Å². The second-order valence-electron chi connectivity index (χ2n) is 5.36. The van der Waals surface area contributed by atoms with Crippen molar-refractivity contribution < 1.29 is 14.3 Å². The second kappa shape index (κ2) is 5.44. The number of ether oxygens (including phenoxy) is 2. The number of methoxy groups -OCH3 is 1. The Morgan fingerprint density at radius 1 is 1.40 bits per heavy atom. The van der Waals surface area contributed by atoms with Gasteiger partial charge in [0.1, 0.15) is 11.4 Å². The van der Waals surface area contributed by atoms with Crippen molar-refractivity contribution in [2.75, 3.05) is 7.11 Å². The number of carbonyl (C=O) groups excluding carboxylic acids is 1. The van der Waals surface area contributed by atoms with Crippen molar-refractivity contribution in [2.24, 2.45) is 0 Å². The first-order valence-electron chi connectivity index (χ1n) is 6.20. The van der Waals surface area contributed by atoms with Crippen LogP contribution in [0, 0.1) is 0 Å². The Morgan fingerprint density at radius 3 is 2.65 bits per heavy atom. The quantitative estimate of drug-likeness (QED) is 0.781. The number of halogens is 1. The minimum Gasteiger partial charge on any atom is -0.497 e. The molecule has 1 aromatic carbocycles.